The average molecular weight is 761 g/mol. The van der Waals surface area contributed by atoms with E-state index in [4.69, 9.17) is 14.2 Å². The van der Waals surface area contributed by atoms with E-state index in [0.717, 1.165) is 17.7 Å². The topological polar surface area (TPSA) is 115 Å². The van der Waals surface area contributed by atoms with Crippen LogP contribution in [0.1, 0.15) is 115 Å². The third-order valence-electron chi connectivity index (χ3n) is 12.5. The summed E-state index contributed by atoms with van der Waals surface area (Å²) in [5.41, 5.74) is 0.581. The van der Waals surface area contributed by atoms with Crippen LogP contribution in [-0.2, 0) is 27.2 Å². The van der Waals surface area contributed by atoms with Gasteiger partial charge >= 0.3 is 0 Å². The summed E-state index contributed by atoms with van der Waals surface area (Å²) in [5, 5.41) is 12.0. The molecule has 1 aromatic heterocycles. The summed E-state index contributed by atoms with van der Waals surface area (Å²) in [5.74, 6) is -1.09. The molecule has 8 rings (SSSR count). The van der Waals surface area contributed by atoms with Crippen molar-refractivity contribution in [2.45, 2.75) is 123 Å². The number of hydrogen-bond acceptors (Lipinski definition) is 8. The molecule has 296 valence electrons. The summed E-state index contributed by atoms with van der Waals surface area (Å²) in [7, 11) is 0. The lowest BCUT2D eigenvalue weighted by Gasteiger charge is -2.56. The van der Waals surface area contributed by atoms with Gasteiger partial charge in [-0.2, -0.15) is 0 Å². The highest BCUT2D eigenvalue weighted by Crippen LogP contribution is 2.68. The van der Waals surface area contributed by atoms with E-state index in [9.17, 15) is 14.7 Å². The van der Waals surface area contributed by atoms with Crippen LogP contribution in [0.5, 0.6) is 17.2 Å². The molecule has 2 aromatic rings. The number of rotatable bonds is 12. The number of amides is 1. The number of pyridine rings is 1. The Kier molecular flexibility index (Phi) is 10.1. The van der Waals surface area contributed by atoms with Gasteiger partial charge in [-0.05, 0) is 112 Å². The first-order valence-electron chi connectivity index (χ1n) is 20.1. The molecule has 5 atom stereocenters. The number of ether oxygens (including phenoxy) is 3. The van der Waals surface area contributed by atoms with Crippen LogP contribution in [0.25, 0.3) is 6.08 Å². The Morgan fingerprint density at radius 2 is 1.77 bits per heavy atom. The summed E-state index contributed by atoms with van der Waals surface area (Å²) < 4.78 is 21.1. The third-order valence-corrected chi connectivity index (χ3v) is 12.5. The number of ketones is 2. The fraction of sp³-hybridized carbons (Fsp3) is 0.489. The smallest absolute Gasteiger partial charge is 0.249 e. The van der Waals surface area contributed by atoms with Crippen molar-refractivity contribution in [1.29, 1.82) is 0 Å². The number of aromatic nitrogens is 1. The quantitative estimate of drug-likeness (QED) is 0.169. The number of aromatic hydroxyl groups is 1. The molecule has 3 aliphatic carbocycles. The van der Waals surface area contributed by atoms with E-state index in [-0.39, 0.29) is 46.9 Å². The predicted molar refractivity (Wildman–Crippen MR) is 217 cm³/mol. The molecule has 5 unspecified atom stereocenters. The van der Waals surface area contributed by atoms with Gasteiger partial charge in [0.25, 0.3) is 0 Å². The summed E-state index contributed by atoms with van der Waals surface area (Å²) in [6, 6.07) is 5.75. The average Bonchev–Trinajstić information content (AvgIpc) is 3.30. The van der Waals surface area contributed by atoms with Crippen molar-refractivity contribution in [2.24, 2.45) is 11.8 Å². The molecule has 3 aliphatic heterocycles. The standard InChI is InChI=1S/C47H56N2O7/c1-10-49(25-20-32-15-11-12-24-48-32)43(53)30(6)18-23-46-42(52)31-26-35-39(51)37-38(50)33-19-22-45(9,21-13-14-28(2)3)54-40(33)34(17-16-29(4)5)41(37)55-47(35,46)36(27-31)44(7,8)56-46/h11-12,14-16,18-19,22,24,26,31,36,50H,10,13,17,20-21,23,25,27H2,1-9H3/b30-18-. The van der Waals surface area contributed by atoms with Crippen LogP contribution in [0, 0.1) is 11.8 Å². The van der Waals surface area contributed by atoms with Crippen LogP contribution in [0.15, 0.2) is 77.1 Å². The fourth-order valence-electron chi connectivity index (χ4n) is 9.62. The summed E-state index contributed by atoms with van der Waals surface area (Å²) >= 11 is 0. The fourth-order valence-corrected chi connectivity index (χ4v) is 9.62. The largest absolute Gasteiger partial charge is 0.506 e. The zero-order valence-electron chi connectivity index (χ0n) is 34.4. The maximum atomic E-state index is 15.1. The lowest BCUT2D eigenvalue weighted by Crippen LogP contribution is -2.72. The van der Waals surface area contributed by atoms with Gasteiger partial charge in [0.05, 0.1) is 11.2 Å². The van der Waals surface area contributed by atoms with Crippen molar-refractivity contribution in [3.63, 3.8) is 0 Å². The maximum Gasteiger partial charge on any atom is 0.249 e. The van der Waals surface area contributed by atoms with Gasteiger partial charge in [-0.3, -0.25) is 19.4 Å². The maximum absolute atomic E-state index is 15.1. The first-order chi connectivity index (χ1) is 26.5. The number of phenols is 1. The van der Waals surface area contributed by atoms with Gasteiger partial charge in [0, 0.05) is 66.4 Å². The summed E-state index contributed by atoms with van der Waals surface area (Å²) in [4.78, 5) is 49.9. The number of phenolic OH excluding ortho intramolecular Hbond substituents is 1. The van der Waals surface area contributed by atoms with Gasteiger partial charge < -0.3 is 24.2 Å². The van der Waals surface area contributed by atoms with Crippen molar-refractivity contribution >= 4 is 23.5 Å². The van der Waals surface area contributed by atoms with E-state index in [2.05, 4.69) is 31.0 Å². The molecule has 4 bridgehead atoms. The number of Topliss-reactive ketones (excluding diaryl/α,β-unsaturated/α-hetero) is 2. The third kappa shape index (κ3) is 6.27. The zero-order chi connectivity index (χ0) is 40.4. The summed E-state index contributed by atoms with van der Waals surface area (Å²) in [6.07, 6.45) is 16.4. The lowest BCUT2D eigenvalue weighted by atomic mass is 9.51. The normalized spacial score (nSPS) is 27.7. The van der Waals surface area contributed by atoms with E-state index in [1.165, 1.54) is 5.57 Å². The van der Waals surface area contributed by atoms with E-state index in [0.29, 0.717) is 66.8 Å². The molecule has 2 fully saturated rings. The minimum Gasteiger partial charge on any atom is -0.506 e. The lowest BCUT2D eigenvalue weighted by molar-refractivity contribution is -0.171. The van der Waals surface area contributed by atoms with Crippen LogP contribution in [0.3, 0.4) is 0 Å². The Hall–Kier alpha value is -4.76. The van der Waals surface area contributed by atoms with Gasteiger partial charge in [-0.25, -0.2) is 0 Å². The molecule has 9 nitrogen and oxygen atoms in total. The highest BCUT2D eigenvalue weighted by molar-refractivity contribution is 6.19. The Balaban J connectivity index is 1.32. The molecule has 56 heavy (non-hydrogen) atoms. The molecule has 1 saturated carbocycles. The van der Waals surface area contributed by atoms with Crippen LogP contribution >= 0.6 is 0 Å². The molecule has 4 heterocycles. The number of fused-ring (bicyclic) bond motifs is 2. The molecule has 1 amide bonds. The Bertz CT molecular complexity index is 2130. The van der Waals surface area contributed by atoms with Crippen LogP contribution in [0.4, 0.5) is 0 Å². The summed E-state index contributed by atoms with van der Waals surface area (Å²) in [6.45, 7) is 18.8. The predicted octanol–water partition coefficient (Wildman–Crippen LogP) is 8.64. The SMILES string of the molecule is CCN(CCc1ccccn1)C(=O)/C(C)=C\CC12OC(C)(C)C3CC(C=C4C(=O)c5c(O)c6c(c(CC=C(C)C)c5OC431)OC(C)(CCC=C(C)C)C=C6)C2=O. The van der Waals surface area contributed by atoms with Crippen molar-refractivity contribution in [3.8, 4) is 17.2 Å². The van der Waals surface area contributed by atoms with Crippen molar-refractivity contribution in [3.05, 3.63) is 99.5 Å². The molecule has 1 N–H and O–H groups in total. The highest BCUT2D eigenvalue weighted by atomic mass is 16.6. The number of hydrogen-bond donors (Lipinski definition) is 1. The number of carbonyl (C=O) groups excluding carboxylic acids is 3. The minimum atomic E-state index is -1.59. The number of nitrogens with zero attached hydrogens (tertiary/aromatic N) is 2. The Morgan fingerprint density at radius 1 is 1.02 bits per heavy atom. The van der Waals surface area contributed by atoms with Crippen molar-refractivity contribution < 1.29 is 33.7 Å². The van der Waals surface area contributed by atoms with E-state index < -0.39 is 28.3 Å². The second kappa shape index (κ2) is 14.3. The molecule has 0 radical (unpaired) electrons. The van der Waals surface area contributed by atoms with Gasteiger partial charge in [0.2, 0.25) is 5.91 Å². The molecule has 1 aromatic carbocycles. The molecule has 6 aliphatic rings. The van der Waals surface area contributed by atoms with Crippen molar-refractivity contribution in [1.82, 2.24) is 9.88 Å². The van der Waals surface area contributed by atoms with Crippen LogP contribution < -0.4 is 9.47 Å². The van der Waals surface area contributed by atoms with E-state index in [1.54, 1.807) is 30.2 Å². The second-order valence-corrected chi connectivity index (χ2v) is 17.4. The van der Waals surface area contributed by atoms with Crippen LogP contribution in [0.2, 0.25) is 0 Å². The number of benzene rings is 1. The Labute approximate surface area is 331 Å². The van der Waals surface area contributed by atoms with Crippen LogP contribution in [-0.4, -0.2) is 68.0 Å². The first kappa shape index (κ1) is 39.5. The van der Waals surface area contributed by atoms with E-state index in [1.807, 2.05) is 71.9 Å². The molecular formula is C47H56N2O7. The van der Waals surface area contributed by atoms with Gasteiger partial charge in [-0.15, -0.1) is 0 Å². The van der Waals surface area contributed by atoms with E-state index >= 15 is 4.79 Å². The molecular weight excluding hydrogens is 705 g/mol. The number of carbonyl (C=O) groups is 3. The monoisotopic (exact) mass is 760 g/mol. The van der Waals surface area contributed by atoms with Gasteiger partial charge in [0.15, 0.2) is 22.8 Å². The van der Waals surface area contributed by atoms with Crippen molar-refractivity contribution in [2.75, 3.05) is 13.1 Å². The highest BCUT2D eigenvalue weighted by Gasteiger charge is 2.81. The molecule has 1 saturated heterocycles. The molecule has 1 spiro atoms. The first-order valence-corrected chi connectivity index (χ1v) is 20.1. The Morgan fingerprint density at radius 3 is 2.45 bits per heavy atom. The van der Waals surface area contributed by atoms with Gasteiger partial charge in [0.1, 0.15) is 28.4 Å². The zero-order valence-corrected chi connectivity index (χ0v) is 34.4. The number of likely N-dealkylation sites (N-methyl/N-ethyl adjacent to an activating group) is 1. The minimum absolute atomic E-state index is 0.0412. The number of allylic oxidation sites excluding steroid dienone is 5. The molecule has 9 heteroatoms. The van der Waals surface area contributed by atoms with Gasteiger partial charge in [-0.1, -0.05) is 41.5 Å². The second-order valence-electron chi connectivity index (χ2n) is 17.4.